The fourth-order valence-electron chi connectivity index (χ4n) is 2.92. The van der Waals surface area contributed by atoms with Gasteiger partial charge in [0.15, 0.2) is 0 Å². The Hall–Kier alpha value is -2.04. The maximum atomic E-state index is 12.5. The quantitative estimate of drug-likeness (QED) is 0.559. The van der Waals surface area contributed by atoms with Gasteiger partial charge in [-0.05, 0) is 24.3 Å². The van der Waals surface area contributed by atoms with Gasteiger partial charge in [0.25, 0.3) is 0 Å². The lowest BCUT2D eigenvalue weighted by Crippen LogP contribution is -2.46. The zero-order valence-electron chi connectivity index (χ0n) is 15.5. The fourth-order valence-corrected chi connectivity index (χ4v) is 4.32. The highest BCUT2D eigenvalue weighted by molar-refractivity contribution is 7.88. The van der Waals surface area contributed by atoms with Gasteiger partial charge >= 0.3 is 0 Å². The molecule has 1 unspecified atom stereocenters. The first-order chi connectivity index (χ1) is 13.7. The second-order valence-electron chi connectivity index (χ2n) is 6.60. The molecule has 1 N–H and O–H groups in total. The minimum absolute atomic E-state index is 0.00938. The van der Waals surface area contributed by atoms with E-state index >= 15 is 0 Å². The van der Waals surface area contributed by atoms with Crippen LogP contribution in [0.5, 0.6) is 0 Å². The highest BCUT2D eigenvalue weighted by Crippen LogP contribution is 2.33. The van der Waals surface area contributed by atoms with E-state index in [0.717, 1.165) is 10.6 Å². The lowest BCUT2D eigenvalue weighted by molar-refractivity contribution is -0.00265. The second kappa shape index (κ2) is 8.76. The van der Waals surface area contributed by atoms with Crippen LogP contribution >= 0.6 is 23.2 Å². The Kier molecular flexibility index (Phi) is 6.55. The van der Waals surface area contributed by atoms with Gasteiger partial charge in [0, 0.05) is 28.4 Å². The van der Waals surface area contributed by atoms with Crippen LogP contribution in [0.25, 0.3) is 0 Å². The van der Waals surface area contributed by atoms with Gasteiger partial charge in [-0.3, -0.25) is 4.98 Å². The minimum Gasteiger partial charge on any atom is -0.382 e. The lowest BCUT2D eigenvalue weighted by Gasteiger charge is -2.34. The van der Waals surface area contributed by atoms with E-state index in [1.165, 1.54) is 23.4 Å². The fraction of sp³-hybridized carbons (Fsp3) is 0.278. The Morgan fingerprint density at radius 2 is 2.03 bits per heavy atom. The van der Waals surface area contributed by atoms with E-state index in [2.05, 4.69) is 15.1 Å². The van der Waals surface area contributed by atoms with E-state index in [4.69, 9.17) is 23.2 Å². The smallest absolute Gasteiger partial charge is 0.211 e. The maximum absolute atomic E-state index is 12.5. The van der Waals surface area contributed by atoms with Crippen LogP contribution < -0.4 is 0 Å². The first-order valence-electron chi connectivity index (χ1n) is 8.53. The molecule has 0 aliphatic carbocycles. The van der Waals surface area contributed by atoms with Gasteiger partial charge in [0.1, 0.15) is 18.3 Å². The molecule has 2 aromatic heterocycles. The molecule has 0 saturated carbocycles. The summed E-state index contributed by atoms with van der Waals surface area (Å²) in [6.07, 6.45) is 5.41. The van der Waals surface area contributed by atoms with E-state index in [1.807, 2.05) is 0 Å². The predicted octanol–water partition coefficient (Wildman–Crippen LogP) is 2.33. The van der Waals surface area contributed by atoms with Crippen molar-refractivity contribution in [3.63, 3.8) is 0 Å². The molecule has 0 aliphatic rings. The maximum Gasteiger partial charge on any atom is 0.211 e. The summed E-state index contributed by atoms with van der Waals surface area (Å²) >= 11 is 12.3. The molecule has 1 atom stereocenters. The third-order valence-electron chi connectivity index (χ3n) is 4.29. The molecule has 0 radical (unpaired) electrons. The Labute approximate surface area is 178 Å². The van der Waals surface area contributed by atoms with Gasteiger partial charge in [-0.15, -0.1) is 0 Å². The summed E-state index contributed by atoms with van der Waals surface area (Å²) in [5.74, 6) is 0. The Morgan fingerprint density at radius 3 is 2.62 bits per heavy atom. The van der Waals surface area contributed by atoms with Crippen LogP contribution in [0.1, 0.15) is 11.3 Å². The number of rotatable bonds is 8. The van der Waals surface area contributed by atoms with Gasteiger partial charge in [-0.25, -0.2) is 18.1 Å². The first-order valence-corrected chi connectivity index (χ1v) is 11.1. The van der Waals surface area contributed by atoms with Crippen LogP contribution in [-0.2, 0) is 28.7 Å². The predicted molar refractivity (Wildman–Crippen MR) is 110 cm³/mol. The van der Waals surface area contributed by atoms with Crippen molar-refractivity contribution >= 4 is 33.2 Å². The summed E-state index contributed by atoms with van der Waals surface area (Å²) in [5.41, 5.74) is -0.829. The molecule has 3 aromatic rings. The molecule has 3 rings (SSSR count). The third-order valence-corrected chi connectivity index (χ3v) is 6.04. The van der Waals surface area contributed by atoms with E-state index < -0.39 is 15.6 Å². The summed E-state index contributed by atoms with van der Waals surface area (Å²) in [6, 6.07) is 9.86. The molecule has 0 spiro atoms. The molecule has 2 heterocycles. The van der Waals surface area contributed by atoms with Crippen LogP contribution in [0, 0.1) is 0 Å². The molecule has 8 nitrogen and oxygen atoms in total. The monoisotopic (exact) mass is 455 g/mol. The Bertz CT molecular complexity index is 1060. The number of halogens is 2. The molecule has 0 saturated heterocycles. The van der Waals surface area contributed by atoms with Crippen LogP contribution in [0.3, 0.4) is 0 Å². The molecule has 0 aliphatic heterocycles. The van der Waals surface area contributed by atoms with Crippen molar-refractivity contribution in [1.82, 2.24) is 24.1 Å². The number of benzene rings is 1. The van der Waals surface area contributed by atoms with Crippen molar-refractivity contribution in [2.45, 2.75) is 18.7 Å². The second-order valence-corrected chi connectivity index (χ2v) is 9.43. The van der Waals surface area contributed by atoms with Crippen molar-refractivity contribution in [3.8, 4) is 0 Å². The number of aliphatic hydroxyl groups is 1. The van der Waals surface area contributed by atoms with Gasteiger partial charge in [0.2, 0.25) is 10.0 Å². The average molecular weight is 456 g/mol. The number of nitrogens with zero attached hydrogens (tertiary/aromatic N) is 5. The molecule has 29 heavy (non-hydrogen) atoms. The van der Waals surface area contributed by atoms with Gasteiger partial charge in [0.05, 0.1) is 25.0 Å². The summed E-state index contributed by atoms with van der Waals surface area (Å²) < 4.78 is 27.5. The van der Waals surface area contributed by atoms with Gasteiger partial charge < -0.3 is 5.11 Å². The molecular weight excluding hydrogens is 437 g/mol. The normalized spacial score (nSPS) is 14.1. The molecule has 0 amide bonds. The summed E-state index contributed by atoms with van der Waals surface area (Å²) in [5, 5.41) is 16.2. The standard InChI is InChI=1S/C18H19Cl2N5O3S/c1-29(27,28)25(9-15-4-2-3-7-22-15)11-18(26,10-24-13-21-12-23-24)16-6-5-14(19)8-17(16)20/h2-8,12-13,26H,9-11H2,1H3. The minimum atomic E-state index is -3.69. The number of pyridine rings is 1. The SMILES string of the molecule is CS(=O)(=O)N(Cc1ccccn1)CC(O)(Cn1cncn1)c1ccc(Cl)cc1Cl. The average Bonchev–Trinajstić information content (AvgIpc) is 3.13. The van der Waals surface area contributed by atoms with Gasteiger partial charge in [-0.1, -0.05) is 35.3 Å². The lowest BCUT2D eigenvalue weighted by atomic mass is 9.93. The van der Waals surface area contributed by atoms with E-state index in [9.17, 15) is 13.5 Å². The molecule has 1 aromatic carbocycles. The number of hydrogen-bond acceptors (Lipinski definition) is 6. The van der Waals surface area contributed by atoms with Crippen molar-refractivity contribution in [1.29, 1.82) is 0 Å². The van der Waals surface area contributed by atoms with Crippen LogP contribution in [-0.4, -0.2) is 50.4 Å². The first kappa shape index (κ1) is 21.7. The van der Waals surface area contributed by atoms with Crippen molar-refractivity contribution in [3.05, 3.63) is 76.6 Å². The topological polar surface area (TPSA) is 101 Å². The number of sulfonamides is 1. The molecule has 0 bridgehead atoms. The van der Waals surface area contributed by atoms with E-state index in [0.29, 0.717) is 16.3 Å². The molecular formula is C18H19Cl2N5O3S. The number of aromatic nitrogens is 4. The Morgan fingerprint density at radius 1 is 1.24 bits per heavy atom. The molecule has 11 heteroatoms. The van der Waals surface area contributed by atoms with E-state index in [1.54, 1.807) is 36.5 Å². The van der Waals surface area contributed by atoms with Crippen LogP contribution in [0.2, 0.25) is 10.0 Å². The van der Waals surface area contributed by atoms with Crippen LogP contribution in [0.15, 0.2) is 55.2 Å². The number of hydrogen-bond donors (Lipinski definition) is 1. The van der Waals surface area contributed by atoms with Gasteiger partial charge in [-0.2, -0.15) is 9.40 Å². The van der Waals surface area contributed by atoms with Crippen molar-refractivity contribution < 1.29 is 13.5 Å². The van der Waals surface area contributed by atoms with Crippen molar-refractivity contribution in [2.24, 2.45) is 0 Å². The summed E-state index contributed by atoms with van der Waals surface area (Å²) in [7, 11) is -3.69. The summed E-state index contributed by atoms with van der Waals surface area (Å²) in [6.45, 7) is -0.350. The highest BCUT2D eigenvalue weighted by Gasteiger charge is 2.37. The Balaban J connectivity index is 2.01. The third kappa shape index (κ3) is 5.52. The highest BCUT2D eigenvalue weighted by atomic mass is 35.5. The van der Waals surface area contributed by atoms with E-state index in [-0.39, 0.29) is 24.7 Å². The molecule has 0 fully saturated rings. The summed E-state index contributed by atoms with van der Waals surface area (Å²) in [4.78, 5) is 8.06. The largest absolute Gasteiger partial charge is 0.382 e. The zero-order chi connectivity index (χ0) is 21.1. The van der Waals surface area contributed by atoms with Crippen molar-refractivity contribution in [2.75, 3.05) is 12.8 Å². The van der Waals surface area contributed by atoms with Crippen LogP contribution in [0.4, 0.5) is 0 Å². The molecule has 154 valence electrons. The zero-order valence-corrected chi connectivity index (χ0v) is 17.8.